The highest BCUT2D eigenvalue weighted by atomic mass is 32.2. The lowest BCUT2D eigenvalue weighted by molar-refractivity contribution is 0.289. The van der Waals surface area contributed by atoms with Crippen LogP contribution < -0.4 is 0 Å². The van der Waals surface area contributed by atoms with Gasteiger partial charge in [-0.15, -0.1) is 0 Å². The number of hydrogen-bond acceptors (Lipinski definition) is 2. The molecule has 0 saturated carbocycles. The number of thioether (sulfide) groups is 1. The van der Waals surface area contributed by atoms with Gasteiger partial charge < -0.3 is 5.11 Å². The van der Waals surface area contributed by atoms with Gasteiger partial charge in [0.1, 0.15) is 0 Å². The van der Waals surface area contributed by atoms with Crippen LogP contribution >= 0.6 is 11.8 Å². The number of allylic oxidation sites excluding steroid dienone is 2. The van der Waals surface area contributed by atoms with Crippen molar-refractivity contribution >= 4 is 11.8 Å². The van der Waals surface area contributed by atoms with Gasteiger partial charge in [-0.3, -0.25) is 0 Å². The summed E-state index contributed by atoms with van der Waals surface area (Å²) in [6, 6.07) is 10.5. The van der Waals surface area contributed by atoms with Crippen molar-refractivity contribution in [2.45, 2.75) is 50.3 Å². The third-order valence-corrected chi connectivity index (χ3v) is 3.89. The second kappa shape index (κ2) is 10.2. The third kappa shape index (κ3) is 6.87. The zero-order valence-electron chi connectivity index (χ0n) is 11.3. The first kappa shape index (κ1) is 15.3. The molecule has 1 aromatic rings. The molecule has 2 heteroatoms. The Hall–Kier alpha value is -0.730. The van der Waals surface area contributed by atoms with E-state index in [0.29, 0.717) is 0 Å². The van der Waals surface area contributed by atoms with E-state index in [4.69, 9.17) is 5.11 Å². The van der Waals surface area contributed by atoms with E-state index in [2.05, 4.69) is 37.3 Å². The number of aliphatic hydroxyl groups is 1. The van der Waals surface area contributed by atoms with Crippen LogP contribution in [0, 0.1) is 0 Å². The highest BCUT2D eigenvalue weighted by molar-refractivity contribution is 8.03. The summed E-state index contributed by atoms with van der Waals surface area (Å²) in [4.78, 5) is 2.68. The fourth-order valence-corrected chi connectivity index (χ4v) is 2.79. The van der Waals surface area contributed by atoms with Crippen molar-refractivity contribution in [2.75, 3.05) is 6.61 Å². The molecule has 0 aliphatic heterocycles. The molecule has 0 amide bonds. The predicted molar refractivity (Wildman–Crippen MR) is 80.8 cm³/mol. The highest BCUT2D eigenvalue weighted by Crippen LogP contribution is 2.30. The SMILES string of the molecule is CCCCC/C=C(\CCCO)Sc1ccccc1. The fourth-order valence-electron chi connectivity index (χ4n) is 1.75. The van der Waals surface area contributed by atoms with Gasteiger partial charge in [-0.25, -0.2) is 0 Å². The van der Waals surface area contributed by atoms with Crippen LogP contribution in [0.4, 0.5) is 0 Å². The van der Waals surface area contributed by atoms with Crippen molar-refractivity contribution in [3.63, 3.8) is 0 Å². The Morgan fingerprint density at radius 1 is 1.17 bits per heavy atom. The molecule has 0 heterocycles. The Labute approximate surface area is 115 Å². The van der Waals surface area contributed by atoms with Crippen molar-refractivity contribution in [1.82, 2.24) is 0 Å². The van der Waals surface area contributed by atoms with Crippen LogP contribution in [-0.4, -0.2) is 11.7 Å². The molecule has 0 saturated heterocycles. The van der Waals surface area contributed by atoms with Gasteiger partial charge in [-0.1, -0.05) is 55.8 Å². The minimum absolute atomic E-state index is 0.279. The average molecular weight is 264 g/mol. The van der Waals surface area contributed by atoms with E-state index in [1.165, 1.54) is 29.1 Å². The molecule has 0 bridgehead atoms. The highest BCUT2D eigenvalue weighted by Gasteiger charge is 2.00. The number of hydrogen-bond donors (Lipinski definition) is 1. The van der Waals surface area contributed by atoms with Crippen LogP contribution in [0.1, 0.15) is 45.4 Å². The van der Waals surface area contributed by atoms with Gasteiger partial charge in [0, 0.05) is 11.5 Å². The zero-order valence-corrected chi connectivity index (χ0v) is 12.1. The summed E-state index contributed by atoms with van der Waals surface area (Å²) in [5.74, 6) is 0. The topological polar surface area (TPSA) is 20.2 Å². The number of unbranched alkanes of at least 4 members (excludes halogenated alkanes) is 3. The molecule has 1 nitrogen and oxygen atoms in total. The lowest BCUT2D eigenvalue weighted by Gasteiger charge is -2.07. The Morgan fingerprint density at radius 3 is 2.61 bits per heavy atom. The maximum Gasteiger partial charge on any atom is 0.0434 e. The first-order chi connectivity index (χ1) is 8.86. The predicted octanol–water partition coefficient (Wildman–Crippen LogP) is 5.02. The molecule has 18 heavy (non-hydrogen) atoms. The molecule has 0 spiro atoms. The smallest absolute Gasteiger partial charge is 0.0434 e. The number of benzene rings is 1. The van der Waals surface area contributed by atoms with E-state index in [1.807, 2.05) is 17.8 Å². The molecule has 0 aliphatic rings. The first-order valence-electron chi connectivity index (χ1n) is 6.89. The molecule has 0 aromatic heterocycles. The van der Waals surface area contributed by atoms with Crippen molar-refractivity contribution in [3.05, 3.63) is 41.3 Å². The average Bonchev–Trinajstić information content (AvgIpc) is 2.41. The third-order valence-electron chi connectivity index (χ3n) is 2.75. The lowest BCUT2D eigenvalue weighted by atomic mass is 10.2. The Bertz CT molecular complexity index is 332. The zero-order chi connectivity index (χ0) is 13.1. The van der Waals surface area contributed by atoms with Gasteiger partial charge in [-0.05, 0) is 42.7 Å². The standard InChI is InChI=1S/C16H24OS/c1-2-3-4-6-10-16(13-9-14-17)18-15-11-7-5-8-12-15/h5,7-8,10-12,17H,2-4,6,9,13-14H2,1H3/b16-10+. The largest absolute Gasteiger partial charge is 0.396 e. The minimum Gasteiger partial charge on any atom is -0.396 e. The van der Waals surface area contributed by atoms with Gasteiger partial charge in [0.2, 0.25) is 0 Å². The van der Waals surface area contributed by atoms with E-state index >= 15 is 0 Å². The van der Waals surface area contributed by atoms with Crippen molar-refractivity contribution in [2.24, 2.45) is 0 Å². The Kier molecular flexibility index (Phi) is 8.70. The molecule has 0 unspecified atom stereocenters. The van der Waals surface area contributed by atoms with Gasteiger partial charge >= 0.3 is 0 Å². The monoisotopic (exact) mass is 264 g/mol. The van der Waals surface area contributed by atoms with Crippen LogP contribution in [0.2, 0.25) is 0 Å². The van der Waals surface area contributed by atoms with E-state index in [0.717, 1.165) is 19.3 Å². The molecule has 0 fully saturated rings. The molecular formula is C16H24OS. The lowest BCUT2D eigenvalue weighted by Crippen LogP contribution is -1.86. The van der Waals surface area contributed by atoms with Crippen molar-refractivity contribution in [1.29, 1.82) is 0 Å². The van der Waals surface area contributed by atoms with Gasteiger partial charge in [0.05, 0.1) is 0 Å². The van der Waals surface area contributed by atoms with Crippen molar-refractivity contribution < 1.29 is 5.11 Å². The number of rotatable bonds is 9. The van der Waals surface area contributed by atoms with E-state index in [1.54, 1.807) is 0 Å². The molecule has 1 rings (SSSR count). The summed E-state index contributed by atoms with van der Waals surface area (Å²) in [5, 5.41) is 8.95. The molecule has 1 aromatic carbocycles. The minimum atomic E-state index is 0.279. The molecular weight excluding hydrogens is 240 g/mol. The van der Waals surface area contributed by atoms with E-state index < -0.39 is 0 Å². The summed E-state index contributed by atoms with van der Waals surface area (Å²) in [5.41, 5.74) is 0. The molecule has 0 radical (unpaired) electrons. The van der Waals surface area contributed by atoms with Crippen LogP contribution in [0.5, 0.6) is 0 Å². The van der Waals surface area contributed by atoms with E-state index in [-0.39, 0.29) is 6.61 Å². The molecule has 1 N–H and O–H groups in total. The van der Waals surface area contributed by atoms with E-state index in [9.17, 15) is 0 Å². The summed E-state index contributed by atoms with van der Waals surface area (Å²) in [6.45, 7) is 2.51. The summed E-state index contributed by atoms with van der Waals surface area (Å²) in [7, 11) is 0. The molecule has 0 aliphatic carbocycles. The van der Waals surface area contributed by atoms with Gasteiger partial charge in [0.15, 0.2) is 0 Å². The van der Waals surface area contributed by atoms with Crippen LogP contribution in [0.3, 0.4) is 0 Å². The first-order valence-corrected chi connectivity index (χ1v) is 7.71. The second-order valence-corrected chi connectivity index (χ2v) is 5.61. The summed E-state index contributed by atoms with van der Waals surface area (Å²) in [6.07, 6.45) is 9.21. The van der Waals surface area contributed by atoms with Crippen LogP contribution in [0.15, 0.2) is 46.2 Å². The number of aliphatic hydroxyl groups excluding tert-OH is 1. The molecule has 100 valence electrons. The fraction of sp³-hybridized carbons (Fsp3) is 0.500. The van der Waals surface area contributed by atoms with Crippen LogP contribution in [0.25, 0.3) is 0 Å². The van der Waals surface area contributed by atoms with Gasteiger partial charge in [-0.2, -0.15) is 0 Å². The maximum absolute atomic E-state index is 8.95. The van der Waals surface area contributed by atoms with Crippen LogP contribution in [-0.2, 0) is 0 Å². The molecule has 0 atom stereocenters. The Balaban J connectivity index is 2.49. The maximum atomic E-state index is 8.95. The van der Waals surface area contributed by atoms with Gasteiger partial charge in [0.25, 0.3) is 0 Å². The van der Waals surface area contributed by atoms with Crippen molar-refractivity contribution in [3.8, 4) is 0 Å². The normalized spacial score (nSPS) is 11.8. The summed E-state index contributed by atoms with van der Waals surface area (Å²) >= 11 is 1.84. The summed E-state index contributed by atoms with van der Waals surface area (Å²) < 4.78 is 0. The quantitative estimate of drug-likeness (QED) is 0.499. The second-order valence-electron chi connectivity index (χ2n) is 4.41. The Morgan fingerprint density at radius 2 is 1.94 bits per heavy atom.